The molecule has 0 saturated carbocycles. The highest BCUT2D eigenvalue weighted by Crippen LogP contribution is 2.21. The SMILES string of the molecule is COc1c(F)cccc1C=NNc1nc(-c2ccccc2)c(C#N)c(=O)[nH]1. The summed E-state index contributed by atoms with van der Waals surface area (Å²) in [7, 11) is 1.36. The van der Waals surface area contributed by atoms with Gasteiger partial charge in [0.2, 0.25) is 5.95 Å². The molecule has 0 spiro atoms. The predicted molar refractivity (Wildman–Crippen MR) is 99.2 cm³/mol. The summed E-state index contributed by atoms with van der Waals surface area (Å²) >= 11 is 0. The Hall–Kier alpha value is -3.99. The average molecular weight is 363 g/mol. The number of anilines is 1. The van der Waals surface area contributed by atoms with Crippen molar-refractivity contribution in [2.24, 2.45) is 5.10 Å². The van der Waals surface area contributed by atoms with E-state index in [9.17, 15) is 14.4 Å². The van der Waals surface area contributed by atoms with Gasteiger partial charge in [0.05, 0.1) is 19.0 Å². The van der Waals surface area contributed by atoms with Crippen LogP contribution in [0.1, 0.15) is 11.1 Å². The first kappa shape index (κ1) is 17.8. The van der Waals surface area contributed by atoms with Crippen LogP contribution in [0.25, 0.3) is 11.3 Å². The highest BCUT2D eigenvalue weighted by atomic mass is 19.1. The predicted octanol–water partition coefficient (Wildman–Crippen LogP) is 2.90. The number of hydrogen-bond acceptors (Lipinski definition) is 6. The van der Waals surface area contributed by atoms with E-state index < -0.39 is 11.4 Å². The Kier molecular flexibility index (Phi) is 5.23. The minimum atomic E-state index is -0.590. The molecule has 0 unspecified atom stereocenters. The monoisotopic (exact) mass is 363 g/mol. The van der Waals surface area contributed by atoms with Crippen molar-refractivity contribution in [2.45, 2.75) is 0 Å². The van der Waals surface area contributed by atoms with Crippen LogP contribution >= 0.6 is 0 Å². The van der Waals surface area contributed by atoms with Crippen LogP contribution in [-0.4, -0.2) is 23.3 Å². The number of nitrogens with zero attached hydrogens (tertiary/aromatic N) is 3. The third-order valence-electron chi connectivity index (χ3n) is 3.65. The van der Waals surface area contributed by atoms with Crippen LogP contribution in [0.3, 0.4) is 0 Å². The van der Waals surface area contributed by atoms with Crippen molar-refractivity contribution in [3.05, 3.63) is 75.8 Å². The Balaban J connectivity index is 1.93. The van der Waals surface area contributed by atoms with Gasteiger partial charge in [0.1, 0.15) is 11.6 Å². The number of methoxy groups -OCH3 is 1. The van der Waals surface area contributed by atoms with Gasteiger partial charge in [-0.15, -0.1) is 0 Å². The summed E-state index contributed by atoms with van der Waals surface area (Å²) in [5.41, 5.74) is 3.17. The molecule has 0 fully saturated rings. The molecule has 0 radical (unpaired) electrons. The van der Waals surface area contributed by atoms with Crippen LogP contribution in [0.5, 0.6) is 5.75 Å². The minimum Gasteiger partial charge on any atom is -0.493 e. The topological polar surface area (TPSA) is 103 Å². The summed E-state index contributed by atoms with van der Waals surface area (Å²) in [6.07, 6.45) is 1.34. The van der Waals surface area contributed by atoms with Crippen molar-refractivity contribution in [2.75, 3.05) is 12.5 Å². The van der Waals surface area contributed by atoms with Gasteiger partial charge in [-0.05, 0) is 12.1 Å². The van der Waals surface area contributed by atoms with Crippen molar-refractivity contribution in [1.82, 2.24) is 9.97 Å². The first-order chi connectivity index (χ1) is 13.1. The second-order valence-corrected chi connectivity index (χ2v) is 5.35. The fourth-order valence-electron chi connectivity index (χ4n) is 2.44. The summed E-state index contributed by atoms with van der Waals surface area (Å²) in [6, 6.07) is 15.1. The first-order valence-electron chi connectivity index (χ1n) is 7.85. The highest BCUT2D eigenvalue weighted by molar-refractivity contribution is 5.84. The highest BCUT2D eigenvalue weighted by Gasteiger charge is 2.13. The Labute approximate surface area is 153 Å². The molecule has 0 atom stereocenters. The zero-order chi connectivity index (χ0) is 19.2. The second kappa shape index (κ2) is 7.93. The molecule has 134 valence electrons. The normalized spacial score (nSPS) is 10.6. The maximum atomic E-state index is 13.7. The van der Waals surface area contributed by atoms with E-state index in [1.807, 2.05) is 12.1 Å². The van der Waals surface area contributed by atoms with Gasteiger partial charge >= 0.3 is 0 Å². The second-order valence-electron chi connectivity index (χ2n) is 5.35. The molecule has 1 aromatic heterocycles. The fourth-order valence-corrected chi connectivity index (χ4v) is 2.44. The van der Waals surface area contributed by atoms with E-state index in [1.165, 1.54) is 25.5 Å². The van der Waals surface area contributed by atoms with E-state index in [1.54, 1.807) is 30.3 Å². The van der Waals surface area contributed by atoms with Gasteiger partial charge < -0.3 is 4.74 Å². The third-order valence-corrected chi connectivity index (χ3v) is 3.65. The zero-order valence-corrected chi connectivity index (χ0v) is 14.2. The number of aromatic nitrogens is 2. The molecular formula is C19H14FN5O2. The molecule has 0 saturated heterocycles. The first-order valence-corrected chi connectivity index (χ1v) is 7.85. The summed E-state index contributed by atoms with van der Waals surface area (Å²) in [6.45, 7) is 0. The van der Waals surface area contributed by atoms with E-state index in [2.05, 4.69) is 20.5 Å². The summed E-state index contributed by atoms with van der Waals surface area (Å²) in [5, 5.41) is 13.2. The minimum absolute atomic E-state index is 0.0458. The van der Waals surface area contributed by atoms with Crippen LogP contribution in [0, 0.1) is 17.1 Å². The molecule has 0 amide bonds. The lowest BCUT2D eigenvalue weighted by Crippen LogP contribution is -2.16. The number of benzene rings is 2. The lowest BCUT2D eigenvalue weighted by Gasteiger charge is -2.07. The fraction of sp³-hybridized carbons (Fsp3) is 0.0526. The van der Waals surface area contributed by atoms with Crippen molar-refractivity contribution in [3.63, 3.8) is 0 Å². The molecule has 3 rings (SSSR count). The lowest BCUT2D eigenvalue weighted by atomic mass is 10.1. The molecule has 8 heteroatoms. The van der Waals surface area contributed by atoms with Crippen molar-refractivity contribution < 1.29 is 9.13 Å². The van der Waals surface area contributed by atoms with E-state index >= 15 is 0 Å². The average Bonchev–Trinajstić information content (AvgIpc) is 2.68. The number of rotatable bonds is 5. The van der Waals surface area contributed by atoms with E-state index in [4.69, 9.17) is 4.74 Å². The van der Waals surface area contributed by atoms with Gasteiger partial charge in [0, 0.05) is 11.1 Å². The molecule has 7 nitrogen and oxygen atoms in total. The number of hydrogen-bond donors (Lipinski definition) is 2. The number of nitriles is 1. The maximum absolute atomic E-state index is 13.7. The number of halogens is 1. The molecule has 0 aliphatic rings. The van der Waals surface area contributed by atoms with Crippen molar-refractivity contribution >= 4 is 12.2 Å². The van der Waals surface area contributed by atoms with Gasteiger partial charge in [0.25, 0.3) is 5.56 Å². The van der Waals surface area contributed by atoms with Gasteiger partial charge in [-0.2, -0.15) is 10.4 Å². The number of ether oxygens (including phenoxy) is 1. The van der Waals surface area contributed by atoms with Gasteiger partial charge in [-0.3, -0.25) is 9.78 Å². The van der Waals surface area contributed by atoms with Crippen LogP contribution < -0.4 is 15.7 Å². The summed E-state index contributed by atoms with van der Waals surface area (Å²) in [4.78, 5) is 18.9. The van der Waals surface area contributed by atoms with Gasteiger partial charge in [0.15, 0.2) is 11.6 Å². The summed E-state index contributed by atoms with van der Waals surface area (Å²) < 4.78 is 18.7. The van der Waals surface area contributed by atoms with Gasteiger partial charge in [-0.1, -0.05) is 36.4 Å². The Bertz CT molecular complexity index is 1090. The van der Waals surface area contributed by atoms with Crippen LogP contribution in [0.4, 0.5) is 10.3 Å². The van der Waals surface area contributed by atoms with E-state index in [-0.39, 0.29) is 23.0 Å². The van der Waals surface area contributed by atoms with Crippen molar-refractivity contribution in [1.29, 1.82) is 5.26 Å². The largest absolute Gasteiger partial charge is 0.493 e. The lowest BCUT2D eigenvalue weighted by molar-refractivity contribution is 0.386. The Morgan fingerprint density at radius 2 is 2.04 bits per heavy atom. The smallest absolute Gasteiger partial charge is 0.270 e. The number of para-hydroxylation sites is 1. The standard InChI is InChI=1S/C19H14FN5O2/c1-27-17-13(8-5-9-15(17)20)11-22-25-19-23-16(12-6-3-2-4-7-12)14(10-21)18(26)24-19/h2-9,11H,1H3,(H2,23,24,25,26). The molecule has 0 bridgehead atoms. The van der Waals surface area contributed by atoms with Crippen LogP contribution in [0.15, 0.2) is 58.4 Å². The van der Waals surface area contributed by atoms with E-state index in [0.29, 0.717) is 11.1 Å². The number of hydrazone groups is 1. The van der Waals surface area contributed by atoms with Crippen molar-refractivity contribution in [3.8, 4) is 23.1 Å². The van der Waals surface area contributed by atoms with Gasteiger partial charge in [-0.25, -0.2) is 14.8 Å². The van der Waals surface area contributed by atoms with Crippen LogP contribution in [-0.2, 0) is 0 Å². The summed E-state index contributed by atoms with van der Waals surface area (Å²) in [5.74, 6) is -0.420. The molecule has 0 aliphatic carbocycles. The molecule has 1 heterocycles. The molecule has 2 aromatic carbocycles. The number of aromatic amines is 1. The maximum Gasteiger partial charge on any atom is 0.270 e. The molecule has 0 aliphatic heterocycles. The number of nitrogens with one attached hydrogen (secondary N) is 2. The molecular weight excluding hydrogens is 349 g/mol. The zero-order valence-electron chi connectivity index (χ0n) is 14.2. The number of H-pyrrole nitrogens is 1. The quantitative estimate of drug-likeness (QED) is 0.536. The van der Waals surface area contributed by atoms with Crippen LogP contribution in [0.2, 0.25) is 0 Å². The Morgan fingerprint density at radius 3 is 2.74 bits per heavy atom. The molecule has 3 aromatic rings. The van der Waals surface area contributed by atoms with E-state index in [0.717, 1.165) is 0 Å². The molecule has 27 heavy (non-hydrogen) atoms. The molecule has 2 N–H and O–H groups in total. The Morgan fingerprint density at radius 1 is 1.26 bits per heavy atom. The third kappa shape index (κ3) is 3.82.